The zero-order valence-electron chi connectivity index (χ0n) is 26.2. The number of pyridine rings is 1. The number of carbonyl (C=O) groups excluding carboxylic acids is 1. The summed E-state index contributed by atoms with van der Waals surface area (Å²) >= 11 is 0. The first-order valence-corrected chi connectivity index (χ1v) is 15.0. The topological polar surface area (TPSA) is 104 Å². The summed E-state index contributed by atoms with van der Waals surface area (Å²) in [6.45, 7) is 10.1. The van der Waals surface area contributed by atoms with E-state index in [0.29, 0.717) is 17.8 Å². The number of benzene rings is 1. The van der Waals surface area contributed by atoms with E-state index < -0.39 is 47.6 Å². The number of methoxy groups -OCH3 is 1. The number of carboxylic acids is 1. The van der Waals surface area contributed by atoms with Gasteiger partial charge in [-0.15, -0.1) is 0 Å². The molecule has 2 heterocycles. The number of ether oxygens (including phenoxy) is 2. The summed E-state index contributed by atoms with van der Waals surface area (Å²) in [5, 5.41) is 14.4. The average molecular weight is 579 g/mol. The van der Waals surface area contributed by atoms with Crippen LogP contribution in [0.5, 0.6) is 5.75 Å². The molecule has 228 valence electrons. The average Bonchev–Trinajstić information content (AvgIpc) is 3.21. The molecule has 2 aromatic rings. The number of carboxylic acid groups (broad SMARTS) is 1. The third-order valence-corrected chi connectivity index (χ3v) is 9.49. The molecule has 1 saturated heterocycles. The first-order chi connectivity index (χ1) is 19.8. The molecule has 42 heavy (non-hydrogen) atoms. The molecule has 9 heteroatoms. The number of carbonyl (C=O) groups is 2. The highest BCUT2D eigenvalue weighted by molar-refractivity contribution is 5.82. The molecule has 1 amide bonds. The fourth-order valence-electron chi connectivity index (χ4n) is 7.59. The predicted molar refractivity (Wildman–Crippen MR) is 162 cm³/mol. The second-order valence-electron chi connectivity index (χ2n) is 14.0. The van der Waals surface area contributed by atoms with Gasteiger partial charge in [0.2, 0.25) is 0 Å². The Hall–Kier alpha value is -3.33. The molecule has 3 aliphatic carbocycles. The van der Waals surface area contributed by atoms with Crippen LogP contribution in [0.3, 0.4) is 0 Å². The molecule has 0 spiro atoms. The summed E-state index contributed by atoms with van der Waals surface area (Å²) < 4.78 is 11.5. The summed E-state index contributed by atoms with van der Waals surface area (Å²) in [5.41, 5.74) is 2.99. The third kappa shape index (κ3) is 5.21. The highest BCUT2D eigenvalue weighted by atomic mass is 16.6. The Balaban J connectivity index is 1.61. The normalized spacial score (nSPS) is 28.2. The van der Waals surface area contributed by atoms with Gasteiger partial charge in [-0.1, -0.05) is 39.0 Å². The van der Waals surface area contributed by atoms with Crippen LogP contribution >= 0.6 is 0 Å². The molecule has 6 rings (SSSR count). The van der Waals surface area contributed by atoms with Gasteiger partial charge in [-0.05, 0) is 67.6 Å². The molecule has 9 nitrogen and oxygen atoms in total. The van der Waals surface area contributed by atoms with Crippen molar-refractivity contribution in [3.63, 3.8) is 0 Å². The van der Waals surface area contributed by atoms with Crippen LogP contribution in [-0.2, 0) is 21.5 Å². The van der Waals surface area contributed by atoms with E-state index in [4.69, 9.17) is 9.47 Å². The Labute approximate surface area is 249 Å². The molecular weight excluding hydrogens is 532 g/mol. The van der Waals surface area contributed by atoms with Crippen LogP contribution < -0.4 is 15.0 Å². The quantitative estimate of drug-likeness (QED) is 0.409. The minimum atomic E-state index is -1.11. The number of nitrogens with one attached hydrogen (secondary N) is 1. The lowest BCUT2D eigenvalue weighted by Gasteiger charge is -2.62. The lowest BCUT2D eigenvalue weighted by Crippen LogP contribution is -2.55. The number of hydrogen-bond acceptors (Lipinski definition) is 7. The highest BCUT2D eigenvalue weighted by Crippen LogP contribution is 2.65. The zero-order valence-corrected chi connectivity index (χ0v) is 26.2. The number of rotatable bonds is 9. The fraction of sp³-hybridized carbons (Fsp3) is 0.606. The van der Waals surface area contributed by atoms with E-state index in [-0.39, 0.29) is 0 Å². The first-order valence-electron chi connectivity index (χ1n) is 15.0. The Kier molecular flexibility index (Phi) is 7.94. The molecule has 3 saturated carbocycles. The van der Waals surface area contributed by atoms with Crippen molar-refractivity contribution in [2.75, 3.05) is 26.1 Å². The molecular formula is C33H46N4O5. The van der Waals surface area contributed by atoms with Crippen molar-refractivity contribution in [3.8, 4) is 5.75 Å². The van der Waals surface area contributed by atoms with Gasteiger partial charge in [-0.3, -0.25) is 4.90 Å². The van der Waals surface area contributed by atoms with Crippen molar-refractivity contribution in [2.24, 2.45) is 17.3 Å². The summed E-state index contributed by atoms with van der Waals surface area (Å²) in [7, 11) is 5.48. The number of anilines is 1. The van der Waals surface area contributed by atoms with Gasteiger partial charge in [-0.25, -0.2) is 14.6 Å². The molecule has 2 bridgehead atoms. The van der Waals surface area contributed by atoms with E-state index in [2.05, 4.69) is 28.5 Å². The molecule has 4 fully saturated rings. The van der Waals surface area contributed by atoms with Crippen LogP contribution in [0.4, 0.5) is 10.6 Å². The summed E-state index contributed by atoms with van der Waals surface area (Å²) in [6, 6.07) is 8.10. The summed E-state index contributed by atoms with van der Waals surface area (Å²) in [6.07, 6.45) is 4.43. The van der Waals surface area contributed by atoms with Gasteiger partial charge < -0.3 is 24.8 Å². The molecule has 4 atom stereocenters. The van der Waals surface area contributed by atoms with E-state index in [0.717, 1.165) is 22.8 Å². The summed E-state index contributed by atoms with van der Waals surface area (Å²) in [5.74, 6) is 0.847. The maximum absolute atomic E-state index is 13.8. The molecule has 0 radical (unpaired) electrons. The van der Waals surface area contributed by atoms with E-state index in [1.54, 1.807) is 27.2 Å². The third-order valence-electron chi connectivity index (χ3n) is 9.49. The van der Waals surface area contributed by atoms with Crippen molar-refractivity contribution >= 4 is 17.9 Å². The first kappa shape index (κ1) is 30.1. The highest BCUT2D eigenvalue weighted by Gasteiger charge is 2.59. The standard InChI is InChI=1S/C33H46N4O5/c1-19(2)42-31(40)37-27(23-10-9-13-34-29(23)36(6)7)26(25(32(3,4)5)28(37)30(38)39)35-18-21-14-22(11-12-24(21)41-8)33-15-20(16-33)17-33/h9-14,19-20,25-28,35H,15-18H2,1-8H3,(H,38,39)/t20?,25-,26-,27-,28-,33?/m0/s1. The Morgan fingerprint density at radius 3 is 2.40 bits per heavy atom. The van der Waals surface area contributed by atoms with Gasteiger partial charge in [0.1, 0.15) is 17.6 Å². The van der Waals surface area contributed by atoms with Crippen molar-refractivity contribution in [1.29, 1.82) is 0 Å². The van der Waals surface area contributed by atoms with Crippen LogP contribution in [0.15, 0.2) is 36.5 Å². The summed E-state index contributed by atoms with van der Waals surface area (Å²) in [4.78, 5) is 34.8. The zero-order chi connectivity index (χ0) is 30.6. The van der Waals surface area contributed by atoms with Crippen LogP contribution in [0.1, 0.15) is 76.6 Å². The van der Waals surface area contributed by atoms with Gasteiger partial charge in [0.25, 0.3) is 0 Å². The van der Waals surface area contributed by atoms with Crippen LogP contribution in [0.25, 0.3) is 0 Å². The Bertz CT molecular complexity index is 1320. The number of aromatic nitrogens is 1. The van der Waals surface area contributed by atoms with E-state index in [9.17, 15) is 14.7 Å². The molecule has 1 aromatic carbocycles. The van der Waals surface area contributed by atoms with Gasteiger partial charge in [0.15, 0.2) is 0 Å². The minimum absolute atomic E-state index is 0.303. The smallest absolute Gasteiger partial charge is 0.411 e. The maximum atomic E-state index is 13.8. The molecule has 2 N–H and O–H groups in total. The molecule has 0 unspecified atom stereocenters. The largest absolute Gasteiger partial charge is 0.496 e. The molecule has 1 aliphatic heterocycles. The monoisotopic (exact) mass is 578 g/mol. The Morgan fingerprint density at radius 1 is 1.19 bits per heavy atom. The number of amides is 1. The van der Waals surface area contributed by atoms with Crippen LogP contribution in [-0.4, -0.2) is 66.4 Å². The predicted octanol–water partition coefficient (Wildman–Crippen LogP) is 5.38. The van der Waals surface area contributed by atoms with E-state index in [1.165, 1.54) is 29.7 Å². The lowest BCUT2D eigenvalue weighted by atomic mass is 9.42. The van der Waals surface area contributed by atoms with Crippen molar-refractivity contribution in [2.45, 2.75) is 90.1 Å². The van der Waals surface area contributed by atoms with E-state index in [1.807, 2.05) is 51.9 Å². The Morgan fingerprint density at radius 2 is 1.88 bits per heavy atom. The van der Waals surface area contributed by atoms with Gasteiger partial charge in [0, 0.05) is 49.9 Å². The molecule has 1 aromatic heterocycles. The second-order valence-corrected chi connectivity index (χ2v) is 14.0. The van der Waals surface area contributed by atoms with Crippen molar-refractivity contribution in [3.05, 3.63) is 53.2 Å². The number of hydrogen-bond donors (Lipinski definition) is 2. The molecule has 4 aliphatic rings. The van der Waals surface area contributed by atoms with E-state index >= 15 is 0 Å². The van der Waals surface area contributed by atoms with Crippen molar-refractivity contribution < 1.29 is 24.2 Å². The minimum Gasteiger partial charge on any atom is -0.496 e. The van der Waals surface area contributed by atoms with Gasteiger partial charge in [0.05, 0.1) is 19.3 Å². The SMILES string of the molecule is COc1ccc(C23CC(C2)C3)cc1CN[C@H]1[C@H](C(C)(C)C)[C@@H](C(=O)O)N(C(=O)OC(C)C)[C@H]1c1cccnc1N(C)C. The second kappa shape index (κ2) is 11.1. The van der Waals surface area contributed by atoms with Crippen LogP contribution in [0.2, 0.25) is 0 Å². The van der Waals surface area contributed by atoms with Gasteiger partial charge >= 0.3 is 12.1 Å². The number of nitrogens with zero attached hydrogens (tertiary/aromatic N) is 3. The maximum Gasteiger partial charge on any atom is 0.411 e. The van der Waals surface area contributed by atoms with Gasteiger partial charge in [-0.2, -0.15) is 0 Å². The van der Waals surface area contributed by atoms with Crippen LogP contribution in [0, 0.1) is 17.3 Å². The number of likely N-dealkylation sites (tertiary alicyclic amines) is 1. The number of aliphatic carboxylic acids is 1. The lowest BCUT2D eigenvalue weighted by molar-refractivity contribution is -0.144. The van der Waals surface area contributed by atoms with Crippen molar-refractivity contribution in [1.82, 2.24) is 15.2 Å². The fourth-order valence-corrected chi connectivity index (χ4v) is 7.59.